The van der Waals surface area contributed by atoms with Crippen LogP contribution in [0.25, 0.3) is 11.6 Å². The summed E-state index contributed by atoms with van der Waals surface area (Å²) in [5, 5.41) is 16.1. The van der Waals surface area contributed by atoms with Crippen molar-refractivity contribution in [2.45, 2.75) is 12.6 Å². The van der Waals surface area contributed by atoms with Crippen LogP contribution in [-0.2, 0) is 11.3 Å². The molecule has 0 radical (unpaired) electrons. The van der Waals surface area contributed by atoms with E-state index in [-0.39, 0.29) is 0 Å². The SMILES string of the molecule is O=C(O)C1CNCCN1Cc1nc(-c2ccco2)no1. The van der Waals surface area contributed by atoms with E-state index in [0.29, 0.717) is 37.1 Å². The lowest BCUT2D eigenvalue weighted by Gasteiger charge is -2.32. The molecule has 2 N–H and O–H groups in total. The third-order valence-corrected chi connectivity index (χ3v) is 3.19. The van der Waals surface area contributed by atoms with Crippen molar-refractivity contribution in [3.8, 4) is 11.6 Å². The number of hydrogen-bond donors (Lipinski definition) is 2. The molecule has 0 aromatic carbocycles. The largest absolute Gasteiger partial charge is 0.480 e. The number of aromatic nitrogens is 2. The van der Waals surface area contributed by atoms with Crippen molar-refractivity contribution in [3.63, 3.8) is 0 Å². The molecule has 1 aliphatic heterocycles. The van der Waals surface area contributed by atoms with E-state index in [9.17, 15) is 9.90 Å². The summed E-state index contributed by atoms with van der Waals surface area (Å²) in [4.78, 5) is 17.2. The van der Waals surface area contributed by atoms with Crippen LogP contribution in [-0.4, -0.2) is 51.8 Å². The molecule has 0 aliphatic carbocycles. The third kappa shape index (κ3) is 2.56. The van der Waals surface area contributed by atoms with Crippen LogP contribution in [0.2, 0.25) is 0 Å². The van der Waals surface area contributed by atoms with Gasteiger partial charge in [0.05, 0.1) is 12.8 Å². The first-order valence-corrected chi connectivity index (χ1v) is 6.28. The number of carbonyl (C=O) groups is 1. The van der Waals surface area contributed by atoms with Gasteiger partial charge in [-0.1, -0.05) is 5.16 Å². The highest BCUT2D eigenvalue weighted by Gasteiger charge is 2.29. The lowest BCUT2D eigenvalue weighted by Crippen LogP contribution is -2.54. The standard InChI is InChI=1S/C12H14N4O4/c17-12(18)8-6-13-3-4-16(8)7-10-14-11(15-20-10)9-2-1-5-19-9/h1-2,5,8,13H,3-4,6-7H2,(H,17,18). The summed E-state index contributed by atoms with van der Waals surface area (Å²) in [7, 11) is 0. The summed E-state index contributed by atoms with van der Waals surface area (Å²) < 4.78 is 10.3. The molecule has 106 valence electrons. The van der Waals surface area contributed by atoms with Gasteiger partial charge in [0.1, 0.15) is 6.04 Å². The Morgan fingerprint density at radius 1 is 1.60 bits per heavy atom. The van der Waals surface area contributed by atoms with E-state index in [1.807, 2.05) is 0 Å². The van der Waals surface area contributed by atoms with Crippen LogP contribution in [0.4, 0.5) is 0 Å². The van der Waals surface area contributed by atoms with E-state index in [1.165, 1.54) is 6.26 Å². The molecule has 8 heteroatoms. The van der Waals surface area contributed by atoms with E-state index < -0.39 is 12.0 Å². The quantitative estimate of drug-likeness (QED) is 0.816. The zero-order valence-corrected chi connectivity index (χ0v) is 10.7. The smallest absolute Gasteiger partial charge is 0.322 e. The van der Waals surface area contributed by atoms with Gasteiger partial charge in [-0.2, -0.15) is 4.98 Å². The molecule has 2 aromatic rings. The number of nitrogens with one attached hydrogen (secondary N) is 1. The van der Waals surface area contributed by atoms with Crippen molar-refractivity contribution < 1.29 is 18.8 Å². The topological polar surface area (TPSA) is 105 Å². The fraction of sp³-hybridized carbons (Fsp3) is 0.417. The number of carboxylic acid groups (broad SMARTS) is 1. The van der Waals surface area contributed by atoms with Crippen molar-refractivity contribution >= 4 is 5.97 Å². The Bertz CT molecular complexity index is 580. The second-order valence-electron chi connectivity index (χ2n) is 4.52. The molecule has 1 saturated heterocycles. The highest BCUT2D eigenvalue weighted by molar-refractivity contribution is 5.73. The van der Waals surface area contributed by atoms with Crippen LogP contribution >= 0.6 is 0 Å². The minimum Gasteiger partial charge on any atom is -0.480 e. The molecule has 0 saturated carbocycles. The Morgan fingerprint density at radius 2 is 2.50 bits per heavy atom. The molecule has 1 atom stereocenters. The molecule has 1 aliphatic rings. The lowest BCUT2D eigenvalue weighted by atomic mass is 10.2. The number of aliphatic carboxylic acids is 1. The van der Waals surface area contributed by atoms with Gasteiger partial charge in [0.2, 0.25) is 11.7 Å². The third-order valence-electron chi connectivity index (χ3n) is 3.19. The first-order valence-electron chi connectivity index (χ1n) is 6.28. The Hall–Kier alpha value is -2.19. The first kappa shape index (κ1) is 12.8. The molecular formula is C12H14N4O4. The molecule has 0 bridgehead atoms. The number of piperazine rings is 1. The summed E-state index contributed by atoms with van der Waals surface area (Å²) in [5.41, 5.74) is 0. The fourth-order valence-electron chi connectivity index (χ4n) is 2.18. The maximum absolute atomic E-state index is 11.2. The van der Waals surface area contributed by atoms with Gasteiger partial charge in [0.25, 0.3) is 0 Å². The van der Waals surface area contributed by atoms with Crippen LogP contribution in [0, 0.1) is 0 Å². The van der Waals surface area contributed by atoms with Crippen molar-refractivity contribution in [3.05, 3.63) is 24.3 Å². The average Bonchev–Trinajstić information content (AvgIpc) is 3.09. The van der Waals surface area contributed by atoms with Gasteiger partial charge in [-0.25, -0.2) is 0 Å². The predicted molar refractivity (Wildman–Crippen MR) is 66.7 cm³/mol. The van der Waals surface area contributed by atoms with E-state index in [2.05, 4.69) is 15.5 Å². The Morgan fingerprint density at radius 3 is 3.25 bits per heavy atom. The second-order valence-corrected chi connectivity index (χ2v) is 4.52. The van der Waals surface area contributed by atoms with Crippen LogP contribution in [0.1, 0.15) is 5.89 Å². The van der Waals surface area contributed by atoms with Gasteiger partial charge in [0.15, 0.2) is 5.76 Å². The highest BCUT2D eigenvalue weighted by atomic mass is 16.5. The molecule has 3 heterocycles. The van der Waals surface area contributed by atoms with Crippen molar-refractivity contribution in [2.75, 3.05) is 19.6 Å². The molecular weight excluding hydrogens is 264 g/mol. The maximum Gasteiger partial charge on any atom is 0.322 e. The summed E-state index contributed by atoms with van der Waals surface area (Å²) in [6.45, 7) is 2.08. The van der Waals surface area contributed by atoms with Gasteiger partial charge >= 0.3 is 5.97 Å². The molecule has 0 amide bonds. The predicted octanol–water partition coefficient (Wildman–Crippen LogP) is 0.188. The van der Waals surface area contributed by atoms with E-state index in [1.54, 1.807) is 17.0 Å². The summed E-state index contributed by atoms with van der Waals surface area (Å²) in [6, 6.07) is 2.89. The van der Waals surface area contributed by atoms with E-state index in [0.717, 1.165) is 6.54 Å². The molecule has 8 nitrogen and oxygen atoms in total. The van der Waals surface area contributed by atoms with Gasteiger partial charge in [0, 0.05) is 19.6 Å². The minimum absolute atomic E-state index is 0.312. The second kappa shape index (κ2) is 5.43. The highest BCUT2D eigenvalue weighted by Crippen LogP contribution is 2.17. The number of rotatable bonds is 4. The zero-order valence-electron chi connectivity index (χ0n) is 10.7. The number of hydrogen-bond acceptors (Lipinski definition) is 7. The molecule has 20 heavy (non-hydrogen) atoms. The van der Waals surface area contributed by atoms with E-state index in [4.69, 9.17) is 8.94 Å². The Kier molecular flexibility index (Phi) is 3.48. The maximum atomic E-state index is 11.2. The normalized spacial score (nSPS) is 20.1. The van der Waals surface area contributed by atoms with Gasteiger partial charge in [-0.15, -0.1) is 0 Å². The van der Waals surface area contributed by atoms with Crippen LogP contribution in [0.5, 0.6) is 0 Å². The average molecular weight is 278 g/mol. The van der Waals surface area contributed by atoms with E-state index >= 15 is 0 Å². The number of nitrogens with zero attached hydrogens (tertiary/aromatic N) is 3. The van der Waals surface area contributed by atoms with Gasteiger partial charge in [-0.05, 0) is 12.1 Å². The summed E-state index contributed by atoms with van der Waals surface area (Å²) in [6.07, 6.45) is 1.53. The molecule has 0 spiro atoms. The fourth-order valence-corrected chi connectivity index (χ4v) is 2.18. The van der Waals surface area contributed by atoms with Crippen LogP contribution < -0.4 is 5.32 Å². The Labute approximate surface area is 114 Å². The van der Waals surface area contributed by atoms with Gasteiger partial charge < -0.3 is 19.4 Å². The summed E-state index contributed by atoms with van der Waals surface area (Å²) in [5.74, 6) is 0.412. The molecule has 3 rings (SSSR count). The monoisotopic (exact) mass is 278 g/mol. The number of carboxylic acids is 1. The minimum atomic E-state index is -0.858. The van der Waals surface area contributed by atoms with Crippen LogP contribution in [0.3, 0.4) is 0 Å². The first-order chi connectivity index (χ1) is 9.74. The van der Waals surface area contributed by atoms with Crippen molar-refractivity contribution in [2.24, 2.45) is 0 Å². The van der Waals surface area contributed by atoms with Crippen molar-refractivity contribution in [1.82, 2.24) is 20.4 Å². The zero-order chi connectivity index (χ0) is 13.9. The Balaban J connectivity index is 1.72. The van der Waals surface area contributed by atoms with Crippen molar-refractivity contribution in [1.29, 1.82) is 0 Å². The summed E-state index contributed by atoms with van der Waals surface area (Å²) >= 11 is 0. The molecule has 2 aromatic heterocycles. The molecule has 1 unspecified atom stereocenters. The van der Waals surface area contributed by atoms with Gasteiger partial charge in [-0.3, -0.25) is 9.69 Å². The number of furan rings is 1. The van der Waals surface area contributed by atoms with Crippen LogP contribution in [0.15, 0.2) is 27.3 Å². The molecule has 1 fully saturated rings. The lowest BCUT2D eigenvalue weighted by molar-refractivity contribution is -0.144.